The third kappa shape index (κ3) is 4.38. The zero-order chi connectivity index (χ0) is 24.1. The molecule has 2 aromatic rings. The lowest BCUT2D eigenvalue weighted by atomic mass is 10.1. The number of hydrogen-bond acceptors (Lipinski definition) is 8. The molecular formula is C18H19FN4O8S2. The predicted octanol–water partition coefficient (Wildman–Crippen LogP) is -0.310. The Morgan fingerprint density at radius 2 is 1.85 bits per heavy atom. The standard InChI is InChI=1S/C18H19FN4O8S2/c1-32(27,28)22-6-4-21(5-7-22)18(26)15-3-2-14(31-15)11-8-12(19)17(13(24)9-11)23-10-16(25)20-33(23,29)30/h2-3,8-9,24H,4-7,10H2,1H3,(H,20,25). The minimum absolute atomic E-state index is 0.0329. The van der Waals surface area contributed by atoms with E-state index in [1.54, 1.807) is 4.72 Å². The van der Waals surface area contributed by atoms with E-state index >= 15 is 0 Å². The Hall–Kier alpha value is -3.17. The molecule has 0 bridgehead atoms. The van der Waals surface area contributed by atoms with Crippen molar-refractivity contribution in [2.45, 2.75) is 0 Å². The number of benzene rings is 1. The monoisotopic (exact) mass is 502 g/mol. The predicted molar refractivity (Wildman–Crippen MR) is 112 cm³/mol. The third-order valence-corrected chi connectivity index (χ3v) is 7.89. The molecule has 12 nitrogen and oxygen atoms in total. The Balaban J connectivity index is 1.54. The van der Waals surface area contributed by atoms with Gasteiger partial charge in [-0.15, -0.1) is 0 Å². The summed E-state index contributed by atoms with van der Waals surface area (Å²) in [6.45, 7) is -0.0463. The molecule has 2 aliphatic rings. The molecule has 0 atom stereocenters. The number of aromatic hydroxyl groups is 1. The first-order valence-electron chi connectivity index (χ1n) is 9.57. The molecule has 0 aliphatic carbocycles. The molecule has 2 fully saturated rings. The molecule has 2 N–H and O–H groups in total. The fourth-order valence-corrected chi connectivity index (χ4v) is 5.60. The summed E-state index contributed by atoms with van der Waals surface area (Å²) in [6.07, 6.45) is 1.09. The van der Waals surface area contributed by atoms with Crippen molar-refractivity contribution in [3.8, 4) is 17.1 Å². The quantitative estimate of drug-likeness (QED) is 0.576. The van der Waals surface area contributed by atoms with Gasteiger partial charge < -0.3 is 14.4 Å². The highest BCUT2D eigenvalue weighted by Gasteiger charge is 2.37. The number of carbonyl (C=O) groups excluding carboxylic acids is 2. The maximum absolute atomic E-state index is 14.7. The van der Waals surface area contributed by atoms with Crippen molar-refractivity contribution in [3.05, 3.63) is 35.8 Å². The first-order valence-corrected chi connectivity index (χ1v) is 12.9. The van der Waals surface area contributed by atoms with Gasteiger partial charge in [-0.25, -0.2) is 21.8 Å². The van der Waals surface area contributed by atoms with Crippen molar-refractivity contribution in [3.63, 3.8) is 0 Å². The second-order valence-corrected chi connectivity index (χ2v) is 11.1. The normalized spacial score (nSPS) is 19.0. The van der Waals surface area contributed by atoms with Crippen LogP contribution in [0.4, 0.5) is 10.1 Å². The number of phenolic OH excluding ortho intramolecular Hbond substituents is 1. The molecular weight excluding hydrogens is 483 g/mol. The van der Waals surface area contributed by atoms with Gasteiger partial charge >= 0.3 is 10.2 Å². The second kappa shape index (κ2) is 8.00. The lowest BCUT2D eigenvalue weighted by Crippen LogP contribution is -2.50. The molecule has 2 aliphatic heterocycles. The molecule has 0 radical (unpaired) electrons. The van der Waals surface area contributed by atoms with Crippen molar-refractivity contribution < 1.29 is 40.3 Å². The third-order valence-electron chi connectivity index (χ3n) is 5.21. The molecule has 1 aromatic heterocycles. The molecule has 3 heterocycles. The second-order valence-electron chi connectivity index (χ2n) is 7.48. The van der Waals surface area contributed by atoms with Crippen LogP contribution < -0.4 is 9.03 Å². The van der Waals surface area contributed by atoms with Gasteiger partial charge in [-0.1, -0.05) is 0 Å². The Morgan fingerprint density at radius 1 is 1.18 bits per heavy atom. The van der Waals surface area contributed by atoms with E-state index in [0.717, 1.165) is 18.4 Å². The van der Waals surface area contributed by atoms with Crippen LogP contribution in [-0.2, 0) is 25.0 Å². The molecule has 0 saturated carbocycles. The lowest BCUT2D eigenvalue weighted by Gasteiger charge is -2.32. The van der Waals surface area contributed by atoms with E-state index in [9.17, 15) is 35.9 Å². The van der Waals surface area contributed by atoms with Gasteiger partial charge in [0.15, 0.2) is 11.6 Å². The topological polar surface area (TPSA) is 158 Å². The van der Waals surface area contributed by atoms with Crippen LogP contribution in [0.25, 0.3) is 11.3 Å². The summed E-state index contributed by atoms with van der Waals surface area (Å²) in [5, 5.41) is 10.3. The highest BCUT2D eigenvalue weighted by atomic mass is 32.2. The van der Waals surface area contributed by atoms with Crippen LogP contribution in [0, 0.1) is 5.82 Å². The number of nitrogens with one attached hydrogen (secondary N) is 1. The van der Waals surface area contributed by atoms with E-state index < -0.39 is 55.8 Å². The van der Waals surface area contributed by atoms with Gasteiger partial charge in [-0.05, 0) is 24.3 Å². The molecule has 15 heteroatoms. The van der Waals surface area contributed by atoms with Crippen LogP contribution >= 0.6 is 0 Å². The summed E-state index contributed by atoms with van der Waals surface area (Å²) in [5.74, 6) is -3.25. The van der Waals surface area contributed by atoms with Crippen LogP contribution in [0.2, 0.25) is 0 Å². The Labute approximate surface area is 188 Å². The zero-order valence-corrected chi connectivity index (χ0v) is 18.8. The van der Waals surface area contributed by atoms with Gasteiger partial charge in [0.05, 0.1) is 6.26 Å². The van der Waals surface area contributed by atoms with E-state index in [1.165, 1.54) is 21.3 Å². The Morgan fingerprint density at radius 3 is 2.39 bits per heavy atom. The van der Waals surface area contributed by atoms with E-state index in [4.69, 9.17) is 4.42 Å². The number of sulfonamides is 1. The molecule has 1 aromatic carbocycles. The van der Waals surface area contributed by atoms with Crippen LogP contribution in [-0.4, -0.2) is 81.9 Å². The fourth-order valence-electron chi connectivity index (χ4n) is 3.61. The van der Waals surface area contributed by atoms with Gasteiger partial charge in [0.1, 0.15) is 23.7 Å². The Bertz CT molecular complexity index is 1320. The summed E-state index contributed by atoms with van der Waals surface area (Å²) in [6, 6.07) is 4.70. The SMILES string of the molecule is CS(=O)(=O)N1CCN(C(=O)c2ccc(-c3cc(O)c(N4CC(=O)NS4(=O)=O)c(F)c3)o2)CC1. The van der Waals surface area contributed by atoms with Gasteiger partial charge in [-0.2, -0.15) is 12.7 Å². The molecule has 0 unspecified atom stereocenters. The van der Waals surface area contributed by atoms with Gasteiger partial charge in [0, 0.05) is 31.7 Å². The fraction of sp³-hybridized carbons (Fsp3) is 0.333. The summed E-state index contributed by atoms with van der Waals surface area (Å²) in [7, 11) is -7.68. The van der Waals surface area contributed by atoms with Crippen molar-refractivity contribution in [2.24, 2.45) is 0 Å². The summed E-state index contributed by atoms with van der Waals surface area (Å²) < 4.78 is 70.7. The van der Waals surface area contributed by atoms with Gasteiger partial charge in [0.2, 0.25) is 10.0 Å². The van der Waals surface area contributed by atoms with Gasteiger partial charge in [-0.3, -0.25) is 9.59 Å². The molecule has 4 rings (SSSR count). The van der Waals surface area contributed by atoms with Crippen molar-refractivity contribution in [1.82, 2.24) is 13.9 Å². The number of furan rings is 1. The number of halogens is 1. The average molecular weight is 503 g/mol. The molecule has 2 amide bonds. The van der Waals surface area contributed by atoms with E-state index in [2.05, 4.69) is 0 Å². The van der Waals surface area contributed by atoms with Crippen molar-refractivity contribution in [1.29, 1.82) is 0 Å². The molecule has 2 saturated heterocycles. The van der Waals surface area contributed by atoms with E-state index in [1.807, 2.05) is 0 Å². The maximum atomic E-state index is 14.7. The first-order chi connectivity index (χ1) is 15.4. The number of amides is 2. The van der Waals surface area contributed by atoms with Crippen LogP contribution in [0.15, 0.2) is 28.7 Å². The molecule has 33 heavy (non-hydrogen) atoms. The molecule has 0 spiro atoms. The number of anilines is 1. The Kier molecular flexibility index (Phi) is 5.58. The highest BCUT2D eigenvalue weighted by molar-refractivity contribution is 7.92. The number of hydrogen-bond donors (Lipinski definition) is 2. The van der Waals surface area contributed by atoms with E-state index in [0.29, 0.717) is 4.31 Å². The smallest absolute Gasteiger partial charge is 0.326 e. The summed E-state index contributed by atoms with van der Waals surface area (Å²) in [5.41, 5.74) is -0.658. The zero-order valence-electron chi connectivity index (χ0n) is 17.2. The first kappa shape index (κ1) is 23.0. The van der Waals surface area contributed by atoms with Crippen molar-refractivity contribution >= 4 is 37.7 Å². The maximum Gasteiger partial charge on any atom is 0.326 e. The number of nitrogens with zero attached hydrogens (tertiary/aromatic N) is 3. The van der Waals surface area contributed by atoms with E-state index in [-0.39, 0.29) is 43.3 Å². The van der Waals surface area contributed by atoms with Crippen LogP contribution in [0.1, 0.15) is 10.6 Å². The van der Waals surface area contributed by atoms with Crippen molar-refractivity contribution in [2.75, 3.05) is 43.3 Å². The lowest BCUT2D eigenvalue weighted by molar-refractivity contribution is -0.117. The number of phenols is 1. The minimum Gasteiger partial charge on any atom is -0.506 e. The van der Waals surface area contributed by atoms with Crippen LogP contribution in [0.5, 0.6) is 5.75 Å². The largest absolute Gasteiger partial charge is 0.506 e. The van der Waals surface area contributed by atoms with Crippen LogP contribution in [0.3, 0.4) is 0 Å². The average Bonchev–Trinajstić information content (AvgIpc) is 3.30. The van der Waals surface area contributed by atoms with Gasteiger partial charge in [0.25, 0.3) is 11.8 Å². The number of piperazine rings is 1. The summed E-state index contributed by atoms with van der Waals surface area (Å²) in [4.78, 5) is 25.5. The number of rotatable bonds is 4. The number of carbonyl (C=O) groups is 2. The minimum atomic E-state index is -4.33. The molecule has 178 valence electrons. The highest BCUT2D eigenvalue weighted by Crippen LogP contribution is 2.38. The summed E-state index contributed by atoms with van der Waals surface area (Å²) >= 11 is 0.